The van der Waals surface area contributed by atoms with Crippen LogP contribution in [0.5, 0.6) is 0 Å². The van der Waals surface area contributed by atoms with Gasteiger partial charge in [-0.3, -0.25) is 14.6 Å². The minimum atomic E-state index is -2.84. The third-order valence-electron chi connectivity index (χ3n) is 5.03. The Balaban J connectivity index is 2.08. The minimum absolute atomic E-state index is 0.0771. The average molecular weight is 421 g/mol. The zero-order valence-corrected chi connectivity index (χ0v) is 17.5. The van der Waals surface area contributed by atoms with Crippen molar-refractivity contribution in [2.24, 2.45) is 5.41 Å². The van der Waals surface area contributed by atoms with Crippen molar-refractivity contribution >= 4 is 30.6 Å². The van der Waals surface area contributed by atoms with E-state index in [0.717, 1.165) is 4.90 Å². The first kappa shape index (κ1) is 21.1. The number of aromatic nitrogens is 1. The maximum absolute atomic E-state index is 15.0. The van der Waals surface area contributed by atoms with E-state index in [4.69, 9.17) is 0 Å². The maximum atomic E-state index is 15.0. The van der Waals surface area contributed by atoms with Gasteiger partial charge in [0.1, 0.15) is 18.6 Å². The molecule has 1 aromatic carbocycles. The molecule has 3 rings (SSSR count). The van der Waals surface area contributed by atoms with Gasteiger partial charge in [-0.15, -0.1) is 0 Å². The Morgan fingerprint density at radius 3 is 2.52 bits per heavy atom. The summed E-state index contributed by atoms with van der Waals surface area (Å²) >= 11 is 0. The number of rotatable bonds is 5. The van der Waals surface area contributed by atoms with E-state index in [2.05, 4.69) is 10.3 Å². The van der Waals surface area contributed by atoms with Gasteiger partial charge >= 0.3 is 0 Å². The van der Waals surface area contributed by atoms with Crippen LogP contribution in [-0.4, -0.2) is 43.2 Å². The lowest BCUT2D eigenvalue weighted by Crippen LogP contribution is -2.43. The molecular weight excluding hydrogens is 399 g/mol. The Bertz CT molecular complexity index is 1040. The highest BCUT2D eigenvalue weighted by atomic mass is 31.2. The molecule has 0 bridgehead atoms. The first-order chi connectivity index (χ1) is 13.5. The zero-order valence-electron chi connectivity index (χ0n) is 16.6. The van der Waals surface area contributed by atoms with Crippen LogP contribution in [0.2, 0.25) is 0 Å². The Labute approximate surface area is 167 Å². The summed E-state index contributed by atoms with van der Waals surface area (Å²) in [5, 5.41) is 2.45. The first-order valence-electron chi connectivity index (χ1n) is 8.99. The third kappa shape index (κ3) is 3.69. The Hall–Kier alpha value is -2.60. The molecule has 0 aliphatic carbocycles. The average Bonchev–Trinajstić information content (AvgIpc) is 2.87. The van der Waals surface area contributed by atoms with E-state index in [1.54, 1.807) is 19.9 Å². The molecule has 6 nitrogen and oxygen atoms in total. The van der Waals surface area contributed by atoms with Gasteiger partial charge in [-0.05, 0) is 31.5 Å². The number of carbonyl (C=O) groups excluding carboxylic acids is 2. The molecule has 29 heavy (non-hydrogen) atoms. The largest absolute Gasteiger partial charge is 0.346 e. The van der Waals surface area contributed by atoms with Crippen LogP contribution in [0.25, 0.3) is 11.1 Å². The van der Waals surface area contributed by atoms with Crippen molar-refractivity contribution < 1.29 is 22.9 Å². The smallest absolute Gasteiger partial charge is 0.250 e. The second-order valence-corrected chi connectivity index (χ2v) is 11.2. The van der Waals surface area contributed by atoms with Gasteiger partial charge in [0.15, 0.2) is 11.6 Å². The highest BCUT2D eigenvalue weighted by molar-refractivity contribution is 7.70. The summed E-state index contributed by atoms with van der Waals surface area (Å²) in [6.45, 7) is 6.65. The fraction of sp³-hybridized carbons (Fsp3) is 0.350. The summed E-state index contributed by atoms with van der Waals surface area (Å²) in [6, 6.07) is 4.93. The van der Waals surface area contributed by atoms with Crippen molar-refractivity contribution in [2.45, 2.75) is 19.9 Å². The van der Waals surface area contributed by atoms with E-state index in [1.165, 1.54) is 37.7 Å². The quantitative estimate of drug-likeness (QED) is 0.595. The van der Waals surface area contributed by atoms with Gasteiger partial charge < -0.3 is 14.8 Å². The van der Waals surface area contributed by atoms with Gasteiger partial charge in [0.05, 0.1) is 5.69 Å². The number of anilines is 1. The van der Waals surface area contributed by atoms with Crippen LogP contribution in [-0.2, 0) is 14.2 Å². The highest BCUT2D eigenvalue weighted by Crippen LogP contribution is 2.41. The minimum Gasteiger partial charge on any atom is -0.346 e. The van der Waals surface area contributed by atoms with Crippen LogP contribution >= 0.6 is 7.14 Å². The maximum Gasteiger partial charge on any atom is 0.250 e. The molecule has 9 heteroatoms. The number of halogens is 2. The van der Waals surface area contributed by atoms with E-state index >= 15 is 8.78 Å². The molecule has 154 valence electrons. The van der Waals surface area contributed by atoms with Gasteiger partial charge in [-0.1, -0.05) is 19.9 Å². The molecule has 1 aliphatic heterocycles. The summed E-state index contributed by atoms with van der Waals surface area (Å²) in [4.78, 5) is 28.7. The monoisotopic (exact) mass is 421 g/mol. The summed E-state index contributed by atoms with van der Waals surface area (Å²) < 4.78 is 42.6. The number of carbonyl (C=O) groups is 2. The van der Waals surface area contributed by atoms with Gasteiger partial charge in [-0.25, -0.2) is 8.78 Å². The van der Waals surface area contributed by atoms with Crippen molar-refractivity contribution in [3.63, 3.8) is 0 Å². The number of nitrogens with zero attached hydrogens (tertiary/aromatic N) is 2. The normalized spacial score (nSPS) is 18.8. The summed E-state index contributed by atoms with van der Waals surface area (Å²) in [5.74, 6) is -2.85. The van der Waals surface area contributed by atoms with E-state index in [0.29, 0.717) is 6.41 Å². The van der Waals surface area contributed by atoms with Crippen molar-refractivity contribution in [1.29, 1.82) is 0 Å². The molecule has 1 aromatic heterocycles. The van der Waals surface area contributed by atoms with Gasteiger partial charge in [0, 0.05) is 29.3 Å². The van der Waals surface area contributed by atoms with E-state index < -0.39 is 36.1 Å². The molecule has 1 fully saturated rings. The van der Waals surface area contributed by atoms with Crippen LogP contribution in [0.4, 0.5) is 14.5 Å². The van der Waals surface area contributed by atoms with E-state index in [9.17, 15) is 14.2 Å². The standard InChI is InChI=1S/C20H22F2N3O3P/c1-20(2)10-25(19(27)17(20)24-11-26)14-8-7-12(15(21)16(14)22)13-6-5-9-23-18(13)29(3,4)28/h5-9,11,17H,10H2,1-4H3,(H,24,26). The van der Waals surface area contributed by atoms with Crippen LogP contribution in [0, 0.1) is 17.0 Å². The van der Waals surface area contributed by atoms with Gasteiger partial charge in [-0.2, -0.15) is 0 Å². The first-order valence-corrected chi connectivity index (χ1v) is 11.6. The van der Waals surface area contributed by atoms with Crippen molar-refractivity contribution in [2.75, 3.05) is 24.8 Å². The second-order valence-electron chi connectivity index (χ2n) is 8.12. The predicted molar refractivity (Wildman–Crippen MR) is 108 cm³/mol. The number of nitrogens with one attached hydrogen (secondary N) is 1. The lowest BCUT2D eigenvalue weighted by atomic mass is 9.88. The van der Waals surface area contributed by atoms with Crippen molar-refractivity contribution in [1.82, 2.24) is 10.3 Å². The Morgan fingerprint density at radius 2 is 1.90 bits per heavy atom. The molecule has 1 saturated heterocycles. The van der Waals surface area contributed by atoms with Crippen molar-refractivity contribution in [3.8, 4) is 11.1 Å². The molecule has 0 saturated carbocycles. The van der Waals surface area contributed by atoms with Gasteiger partial charge in [0.25, 0.3) is 0 Å². The van der Waals surface area contributed by atoms with Crippen LogP contribution in [0.3, 0.4) is 0 Å². The summed E-state index contributed by atoms with van der Waals surface area (Å²) in [6.07, 6.45) is 1.87. The van der Waals surface area contributed by atoms with E-state index in [-0.39, 0.29) is 28.8 Å². The molecule has 2 aromatic rings. The van der Waals surface area contributed by atoms with Crippen LogP contribution < -0.4 is 15.7 Å². The molecule has 1 aliphatic rings. The molecule has 0 radical (unpaired) electrons. The highest BCUT2D eigenvalue weighted by Gasteiger charge is 2.47. The van der Waals surface area contributed by atoms with Crippen LogP contribution in [0.15, 0.2) is 30.5 Å². The van der Waals surface area contributed by atoms with Gasteiger partial charge in [0.2, 0.25) is 12.3 Å². The summed E-state index contributed by atoms with van der Waals surface area (Å²) in [5.41, 5.74) is -0.488. The number of pyridine rings is 1. The van der Waals surface area contributed by atoms with Crippen molar-refractivity contribution in [3.05, 3.63) is 42.1 Å². The topological polar surface area (TPSA) is 79.4 Å². The number of hydrogen-bond donors (Lipinski definition) is 1. The fourth-order valence-electron chi connectivity index (χ4n) is 3.63. The summed E-state index contributed by atoms with van der Waals surface area (Å²) in [7, 11) is -2.84. The molecule has 1 N–H and O–H groups in total. The predicted octanol–water partition coefficient (Wildman–Crippen LogP) is 2.76. The zero-order chi connectivity index (χ0) is 21.6. The lowest BCUT2D eigenvalue weighted by Gasteiger charge is -2.22. The molecule has 1 atom stereocenters. The third-order valence-corrected chi connectivity index (χ3v) is 6.41. The number of benzene rings is 1. The SMILES string of the molecule is CC1(C)CN(c2ccc(-c3cccnc3P(C)(C)=O)c(F)c2F)C(=O)C1NC=O. The molecule has 2 heterocycles. The van der Waals surface area contributed by atoms with Crippen LogP contribution in [0.1, 0.15) is 13.8 Å². The number of hydrogen-bond acceptors (Lipinski definition) is 4. The molecular formula is C20H22F2N3O3P. The molecule has 2 amide bonds. The molecule has 1 unspecified atom stereocenters. The Kier molecular flexibility index (Phi) is 5.34. The molecule has 0 spiro atoms. The lowest BCUT2D eigenvalue weighted by molar-refractivity contribution is -0.122. The van der Waals surface area contributed by atoms with E-state index in [1.807, 2.05) is 0 Å². The second kappa shape index (κ2) is 7.34. The fourth-order valence-corrected chi connectivity index (χ4v) is 4.75. The Morgan fingerprint density at radius 1 is 1.21 bits per heavy atom. The number of amides is 2.